The number of halogens is 3. The largest absolute Gasteiger partial charge is 0.441 e. The minimum absolute atomic E-state index is 0.119. The number of hydrogen-bond donors (Lipinski definition) is 0. The Morgan fingerprint density at radius 2 is 1.84 bits per heavy atom. The van der Waals surface area contributed by atoms with Crippen molar-refractivity contribution in [2.45, 2.75) is 25.8 Å². The molecule has 0 atom stereocenters. The third-order valence-corrected chi connectivity index (χ3v) is 4.40. The zero-order chi connectivity index (χ0) is 18.2. The van der Waals surface area contributed by atoms with Gasteiger partial charge < -0.3 is 0 Å². The lowest BCUT2D eigenvalue weighted by Gasteiger charge is -2.25. The SMILES string of the molecule is CC(C)(c1c(F)cccc1Cl)c1noc(=O)n1Cc1ccc(F)cc1. The van der Waals surface area contributed by atoms with E-state index < -0.39 is 17.0 Å². The summed E-state index contributed by atoms with van der Waals surface area (Å²) in [4.78, 5) is 12.1. The number of aromatic nitrogens is 2. The first-order valence-electron chi connectivity index (χ1n) is 7.56. The van der Waals surface area contributed by atoms with Crippen LogP contribution in [0.15, 0.2) is 51.8 Å². The Morgan fingerprint density at radius 3 is 2.48 bits per heavy atom. The van der Waals surface area contributed by atoms with Crippen LogP contribution in [0.4, 0.5) is 8.78 Å². The minimum atomic E-state index is -1.02. The van der Waals surface area contributed by atoms with Gasteiger partial charge in [-0.15, -0.1) is 0 Å². The summed E-state index contributed by atoms with van der Waals surface area (Å²) in [7, 11) is 0. The second-order valence-electron chi connectivity index (χ2n) is 6.21. The first kappa shape index (κ1) is 17.4. The van der Waals surface area contributed by atoms with Crippen LogP contribution < -0.4 is 5.76 Å². The molecule has 0 unspecified atom stereocenters. The molecule has 0 saturated carbocycles. The van der Waals surface area contributed by atoms with Crippen molar-refractivity contribution in [2.24, 2.45) is 0 Å². The highest BCUT2D eigenvalue weighted by Crippen LogP contribution is 2.36. The maximum Gasteiger partial charge on any atom is 0.441 e. The van der Waals surface area contributed by atoms with Crippen LogP contribution in [0.25, 0.3) is 0 Å². The molecule has 2 aromatic carbocycles. The molecule has 3 rings (SSSR count). The van der Waals surface area contributed by atoms with E-state index in [1.807, 2.05) is 0 Å². The van der Waals surface area contributed by atoms with E-state index in [2.05, 4.69) is 5.16 Å². The van der Waals surface area contributed by atoms with Crippen molar-refractivity contribution >= 4 is 11.6 Å². The first-order chi connectivity index (χ1) is 11.8. The molecule has 1 heterocycles. The van der Waals surface area contributed by atoms with Crippen molar-refractivity contribution in [3.63, 3.8) is 0 Å². The summed E-state index contributed by atoms with van der Waals surface area (Å²) in [5.74, 6) is -1.32. The first-order valence-corrected chi connectivity index (χ1v) is 7.94. The van der Waals surface area contributed by atoms with Gasteiger partial charge >= 0.3 is 5.76 Å². The standard InChI is InChI=1S/C18H15ClF2N2O2/c1-18(2,15-13(19)4-3-5-14(15)21)16-22-25-17(24)23(16)10-11-6-8-12(20)9-7-11/h3-9H,10H2,1-2H3. The van der Waals surface area contributed by atoms with E-state index in [0.717, 1.165) is 0 Å². The molecule has 0 fully saturated rings. The number of rotatable bonds is 4. The van der Waals surface area contributed by atoms with Crippen molar-refractivity contribution in [2.75, 3.05) is 0 Å². The summed E-state index contributed by atoms with van der Waals surface area (Å²) in [6.45, 7) is 3.53. The molecular formula is C18H15ClF2N2O2. The highest BCUT2D eigenvalue weighted by molar-refractivity contribution is 6.31. The minimum Gasteiger partial charge on any atom is -0.296 e. The number of hydrogen-bond acceptors (Lipinski definition) is 3. The predicted octanol–water partition coefficient (Wildman–Crippen LogP) is 4.14. The van der Waals surface area contributed by atoms with Gasteiger partial charge in [0.05, 0.1) is 12.0 Å². The average Bonchev–Trinajstić information content (AvgIpc) is 2.91. The Bertz CT molecular complexity index is 942. The van der Waals surface area contributed by atoms with Crippen LogP contribution >= 0.6 is 11.6 Å². The van der Waals surface area contributed by atoms with E-state index in [-0.39, 0.29) is 28.8 Å². The second kappa shape index (κ2) is 6.44. The smallest absolute Gasteiger partial charge is 0.296 e. The van der Waals surface area contributed by atoms with Gasteiger partial charge in [-0.3, -0.25) is 9.09 Å². The molecular weight excluding hydrogens is 350 g/mol. The monoisotopic (exact) mass is 364 g/mol. The third kappa shape index (κ3) is 3.22. The molecule has 4 nitrogen and oxygen atoms in total. The summed E-state index contributed by atoms with van der Waals surface area (Å²) in [6, 6.07) is 10.1. The lowest BCUT2D eigenvalue weighted by atomic mass is 9.83. The third-order valence-electron chi connectivity index (χ3n) is 4.09. The molecule has 130 valence electrons. The van der Waals surface area contributed by atoms with E-state index in [9.17, 15) is 13.6 Å². The molecule has 1 aromatic heterocycles. The van der Waals surface area contributed by atoms with Gasteiger partial charge in [0.15, 0.2) is 5.82 Å². The van der Waals surface area contributed by atoms with Crippen molar-refractivity contribution < 1.29 is 13.3 Å². The fraction of sp³-hybridized carbons (Fsp3) is 0.222. The van der Waals surface area contributed by atoms with Gasteiger partial charge in [0.2, 0.25) is 0 Å². The normalized spacial score (nSPS) is 11.7. The lowest BCUT2D eigenvalue weighted by Crippen LogP contribution is -2.29. The molecule has 0 N–H and O–H groups in total. The summed E-state index contributed by atoms with van der Waals surface area (Å²) >= 11 is 6.17. The molecule has 3 aromatic rings. The summed E-state index contributed by atoms with van der Waals surface area (Å²) < 4.78 is 33.5. The topological polar surface area (TPSA) is 48.0 Å². The van der Waals surface area contributed by atoms with Crippen molar-refractivity contribution in [1.82, 2.24) is 9.72 Å². The van der Waals surface area contributed by atoms with E-state index in [4.69, 9.17) is 16.1 Å². The van der Waals surface area contributed by atoms with Crippen LogP contribution in [0, 0.1) is 11.6 Å². The maximum atomic E-state index is 14.4. The summed E-state index contributed by atoms with van der Waals surface area (Å²) in [5, 5.41) is 4.07. The highest BCUT2D eigenvalue weighted by atomic mass is 35.5. The maximum absolute atomic E-state index is 14.4. The van der Waals surface area contributed by atoms with Gasteiger partial charge in [-0.2, -0.15) is 0 Å². The molecule has 0 radical (unpaired) electrons. The molecule has 0 bridgehead atoms. The Morgan fingerprint density at radius 1 is 1.16 bits per heavy atom. The van der Waals surface area contributed by atoms with Crippen LogP contribution in [0.3, 0.4) is 0 Å². The number of nitrogens with zero attached hydrogens (tertiary/aromatic N) is 2. The average molecular weight is 365 g/mol. The van der Waals surface area contributed by atoms with Crippen LogP contribution in [0.5, 0.6) is 0 Å². The molecule has 7 heteroatoms. The summed E-state index contributed by atoms with van der Waals surface area (Å²) in [6.07, 6.45) is 0. The Balaban J connectivity index is 2.09. The fourth-order valence-electron chi connectivity index (χ4n) is 2.84. The second-order valence-corrected chi connectivity index (χ2v) is 6.61. The van der Waals surface area contributed by atoms with Crippen LogP contribution in [0.2, 0.25) is 5.02 Å². The number of benzene rings is 2. The molecule has 0 saturated heterocycles. The molecule has 0 aliphatic carbocycles. The van der Waals surface area contributed by atoms with E-state index in [1.54, 1.807) is 32.0 Å². The van der Waals surface area contributed by atoms with Crippen LogP contribution in [-0.2, 0) is 12.0 Å². The van der Waals surface area contributed by atoms with Gasteiger partial charge in [0.25, 0.3) is 0 Å². The van der Waals surface area contributed by atoms with Crippen LogP contribution in [-0.4, -0.2) is 9.72 Å². The van der Waals surface area contributed by atoms with E-state index in [0.29, 0.717) is 5.56 Å². The highest BCUT2D eigenvalue weighted by Gasteiger charge is 2.35. The van der Waals surface area contributed by atoms with Crippen LogP contribution in [0.1, 0.15) is 30.8 Å². The Kier molecular flexibility index (Phi) is 4.47. The van der Waals surface area contributed by atoms with Gasteiger partial charge in [0.1, 0.15) is 11.6 Å². The van der Waals surface area contributed by atoms with E-state index >= 15 is 0 Å². The molecule has 25 heavy (non-hydrogen) atoms. The predicted molar refractivity (Wildman–Crippen MR) is 89.8 cm³/mol. The quantitative estimate of drug-likeness (QED) is 0.699. The zero-order valence-electron chi connectivity index (χ0n) is 13.6. The van der Waals surface area contributed by atoms with Gasteiger partial charge in [-0.05, 0) is 43.7 Å². The molecule has 0 amide bonds. The Labute approximate surface area is 147 Å². The zero-order valence-corrected chi connectivity index (χ0v) is 14.3. The van der Waals surface area contributed by atoms with E-state index in [1.165, 1.54) is 28.8 Å². The Hall–Kier alpha value is -2.47. The van der Waals surface area contributed by atoms with Gasteiger partial charge in [0, 0.05) is 10.6 Å². The fourth-order valence-corrected chi connectivity index (χ4v) is 3.24. The van der Waals surface area contributed by atoms with Gasteiger partial charge in [-0.25, -0.2) is 13.6 Å². The lowest BCUT2D eigenvalue weighted by molar-refractivity contribution is 0.368. The molecule has 0 aliphatic heterocycles. The van der Waals surface area contributed by atoms with Gasteiger partial charge in [-0.1, -0.05) is 35.0 Å². The van der Waals surface area contributed by atoms with Crippen molar-refractivity contribution in [3.8, 4) is 0 Å². The summed E-state index contributed by atoms with van der Waals surface area (Å²) in [5.41, 5.74) is -0.115. The van der Waals surface area contributed by atoms with Crippen molar-refractivity contribution in [1.29, 1.82) is 0 Å². The molecule has 0 spiro atoms. The molecule has 0 aliphatic rings. The van der Waals surface area contributed by atoms with Crippen molar-refractivity contribution in [3.05, 3.63) is 86.6 Å².